The quantitative estimate of drug-likeness (QED) is 0.234. The van der Waals surface area contributed by atoms with Crippen LogP contribution in [0, 0.1) is 0 Å². The van der Waals surface area contributed by atoms with E-state index >= 15 is 0 Å². The summed E-state index contributed by atoms with van der Waals surface area (Å²) >= 11 is 17.3. The van der Waals surface area contributed by atoms with Gasteiger partial charge in [-0.2, -0.15) is 0 Å². The van der Waals surface area contributed by atoms with Crippen molar-refractivity contribution in [1.82, 2.24) is 9.47 Å². The SMILES string of the molecule is CN(CCO)C(=O)c1ccc(Cn2c(C(=O)O)cc3c(Br)cc(Sc4ccc(Cl)c(Cl)c4)cc32)cc1. The van der Waals surface area contributed by atoms with Crippen LogP contribution in [0.5, 0.6) is 0 Å². The van der Waals surface area contributed by atoms with E-state index in [9.17, 15) is 14.7 Å². The van der Waals surface area contributed by atoms with Gasteiger partial charge in [-0.05, 0) is 54.1 Å². The maximum Gasteiger partial charge on any atom is 0.352 e. The van der Waals surface area contributed by atoms with E-state index in [1.54, 1.807) is 54.1 Å². The van der Waals surface area contributed by atoms with Crippen molar-refractivity contribution in [2.45, 2.75) is 16.3 Å². The first-order valence-electron chi connectivity index (χ1n) is 10.8. The van der Waals surface area contributed by atoms with Crippen LogP contribution in [-0.2, 0) is 6.54 Å². The van der Waals surface area contributed by atoms with Gasteiger partial charge in [0.25, 0.3) is 5.91 Å². The van der Waals surface area contributed by atoms with Gasteiger partial charge in [0.2, 0.25) is 0 Å². The molecule has 0 aliphatic rings. The second-order valence-electron chi connectivity index (χ2n) is 8.08. The number of rotatable bonds is 8. The van der Waals surface area contributed by atoms with Crippen molar-refractivity contribution in [3.63, 3.8) is 0 Å². The Labute approximate surface area is 230 Å². The van der Waals surface area contributed by atoms with Gasteiger partial charge in [-0.1, -0.05) is 63.0 Å². The number of carbonyl (C=O) groups is 2. The molecule has 0 aliphatic heterocycles. The molecule has 36 heavy (non-hydrogen) atoms. The normalized spacial score (nSPS) is 11.1. The largest absolute Gasteiger partial charge is 0.477 e. The number of fused-ring (bicyclic) bond motifs is 1. The van der Waals surface area contributed by atoms with Gasteiger partial charge in [-0.3, -0.25) is 4.79 Å². The van der Waals surface area contributed by atoms with Gasteiger partial charge in [0.1, 0.15) is 5.69 Å². The van der Waals surface area contributed by atoms with E-state index in [1.807, 2.05) is 18.2 Å². The van der Waals surface area contributed by atoms with E-state index in [0.717, 1.165) is 30.7 Å². The number of carboxylic acid groups (broad SMARTS) is 1. The molecule has 4 aromatic rings. The number of aliphatic hydroxyl groups excluding tert-OH is 1. The fraction of sp³-hybridized carbons (Fsp3) is 0.154. The number of aromatic carboxylic acids is 1. The predicted molar refractivity (Wildman–Crippen MR) is 147 cm³/mol. The lowest BCUT2D eigenvalue weighted by molar-refractivity contribution is 0.0685. The summed E-state index contributed by atoms with van der Waals surface area (Å²) in [5.74, 6) is -1.23. The van der Waals surface area contributed by atoms with Gasteiger partial charge in [0.05, 0.1) is 22.2 Å². The molecule has 6 nitrogen and oxygen atoms in total. The minimum absolute atomic E-state index is 0.111. The van der Waals surface area contributed by atoms with E-state index in [2.05, 4.69) is 15.9 Å². The zero-order valence-electron chi connectivity index (χ0n) is 19.0. The molecule has 0 spiro atoms. The molecule has 0 radical (unpaired) electrons. The first-order chi connectivity index (χ1) is 17.2. The highest BCUT2D eigenvalue weighted by Gasteiger charge is 2.18. The number of nitrogens with zero attached hydrogens (tertiary/aromatic N) is 2. The molecule has 0 saturated carbocycles. The molecular formula is C26H21BrCl2N2O4S. The molecular weight excluding hydrogens is 587 g/mol. The molecule has 0 saturated heterocycles. The molecule has 1 aromatic heterocycles. The Kier molecular flexibility index (Phi) is 8.32. The number of aromatic nitrogens is 1. The molecule has 3 aromatic carbocycles. The number of carbonyl (C=O) groups excluding carboxylic acids is 1. The van der Waals surface area contributed by atoms with Gasteiger partial charge in [0, 0.05) is 45.4 Å². The number of amides is 1. The number of benzene rings is 3. The minimum Gasteiger partial charge on any atom is -0.477 e. The summed E-state index contributed by atoms with van der Waals surface area (Å²) in [6.07, 6.45) is 0. The number of hydrogen-bond donors (Lipinski definition) is 2. The third-order valence-electron chi connectivity index (χ3n) is 5.61. The summed E-state index contributed by atoms with van der Waals surface area (Å²) in [5.41, 5.74) is 2.25. The van der Waals surface area contributed by atoms with Gasteiger partial charge >= 0.3 is 5.97 Å². The second-order valence-corrected chi connectivity index (χ2v) is 10.9. The molecule has 186 valence electrons. The van der Waals surface area contributed by atoms with Gasteiger partial charge in [-0.15, -0.1) is 0 Å². The number of aliphatic hydroxyl groups is 1. The Morgan fingerprint density at radius 3 is 2.36 bits per heavy atom. The van der Waals surface area contributed by atoms with Gasteiger partial charge in [-0.25, -0.2) is 4.79 Å². The third kappa shape index (κ3) is 5.74. The summed E-state index contributed by atoms with van der Waals surface area (Å²) in [5, 5.41) is 20.7. The van der Waals surface area contributed by atoms with Gasteiger partial charge in [0.15, 0.2) is 0 Å². The van der Waals surface area contributed by atoms with Gasteiger partial charge < -0.3 is 19.7 Å². The second kappa shape index (κ2) is 11.3. The van der Waals surface area contributed by atoms with E-state index in [1.165, 1.54) is 16.7 Å². The molecule has 10 heteroatoms. The summed E-state index contributed by atoms with van der Waals surface area (Å²) in [7, 11) is 1.63. The fourth-order valence-corrected chi connectivity index (χ4v) is 5.79. The standard InChI is InChI=1S/C26H21BrCl2N2O4S/c1-30(8-9-32)25(33)16-4-2-15(3-5-16)14-31-23-12-18(36-17-6-7-21(28)22(29)11-17)10-20(27)19(23)13-24(31)26(34)35/h2-7,10-13,32H,8-9,14H2,1H3,(H,34,35). The van der Waals surface area contributed by atoms with Crippen LogP contribution >= 0.6 is 50.9 Å². The molecule has 2 N–H and O–H groups in total. The molecule has 0 aliphatic carbocycles. The van der Waals surface area contributed by atoms with Crippen molar-refractivity contribution in [3.05, 3.63) is 92.0 Å². The van der Waals surface area contributed by atoms with Crippen LogP contribution in [0.4, 0.5) is 0 Å². The zero-order chi connectivity index (χ0) is 26.0. The highest BCUT2D eigenvalue weighted by atomic mass is 79.9. The van der Waals surface area contributed by atoms with E-state index in [0.29, 0.717) is 22.2 Å². The van der Waals surface area contributed by atoms with Crippen molar-refractivity contribution < 1.29 is 19.8 Å². The lowest BCUT2D eigenvalue weighted by Gasteiger charge is -2.16. The maximum atomic E-state index is 12.5. The van der Waals surface area contributed by atoms with E-state index < -0.39 is 5.97 Å². The van der Waals surface area contributed by atoms with Crippen molar-refractivity contribution in [2.24, 2.45) is 0 Å². The highest BCUT2D eigenvalue weighted by molar-refractivity contribution is 9.10. The number of halogens is 3. The predicted octanol–water partition coefficient (Wildman–Crippen LogP) is 6.67. The monoisotopic (exact) mass is 606 g/mol. The fourth-order valence-electron chi connectivity index (χ4n) is 3.78. The number of likely N-dealkylation sites (N-methyl/N-ethyl adjacent to an activating group) is 1. The Morgan fingerprint density at radius 1 is 1.00 bits per heavy atom. The topological polar surface area (TPSA) is 82.8 Å². The first-order valence-corrected chi connectivity index (χ1v) is 13.2. The molecule has 0 bridgehead atoms. The van der Waals surface area contributed by atoms with Crippen LogP contribution in [-0.4, -0.2) is 51.8 Å². The average Bonchev–Trinajstić information content (AvgIpc) is 3.21. The van der Waals surface area contributed by atoms with Crippen LogP contribution < -0.4 is 0 Å². The highest BCUT2D eigenvalue weighted by Crippen LogP contribution is 2.38. The summed E-state index contributed by atoms with van der Waals surface area (Å²) in [6.45, 7) is 0.439. The summed E-state index contributed by atoms with van der Waals surface area (Å²) in [4.78, 5) is 27.8. The Balaban J connectivity index is 1.69. The lowest BCUT2D eigenvalue weighted by atomic mass is 10.1. The zero-order valence-corrected chi connectivity index (χ0v) is 23.0. The molecule has 1 amide bonds. The molecule has 0 fully saturated rings. The van der Waals surface area contributed by atoms with Crippen LogP contribution in [0.1, 0.15) is 26.4 Å². The lowest BCUT2D eigenvalue weighted by Crippen LogP contribution is -2.29. The molecule has 0 unspecified atom stereocenters. The third-order valence-corrected chi connectivity index (χ3v) is 7.97. The van der Waals surface area contributed by atoms with Crippen LogP contribution in [0.25, 0.3) is 10.9 Å². The van der Waals surface area contributed by atoms with Crippen molar-refractivity contribution in [1.29, 1.82) is 0 Å². The molecule has 1 heterocycles. The Morgan fingerprint density at radius 2 is 1.72 bits per heavy atom. The average molecular weight is 608 g/mol. The smallest absolute Gasteiger partial charge is 0.352 e. The van der Waals surface area contributed by atoms with Crippen molar-refractivity contribution >= 4 is 73.7 Å². The van der Waals surface area contributed by atoms with E-state index in [4.69, 9.17) is 28.3 Å². The Hall–Kier alpha value is -2.49. The van der Waals surface area contributed by atoms with Crippen LogP contribution in [0.2, 0.25) is 10.0 Å². The number of carboxylic acids is 1. The number of hydrogen-bond acceptors (Lipinski definition) is 4. The molecule has 0 atom stereocenters. The summed E-state index contributed by atoms with van der Waals surface area (Å²) in [6, 6.07) is 18.0. The van der Waals surface area contributed by atoms with Crippen molar-refractivity contribution in [3.8, 4) is 0 Å². The maximum absolute atomic E-state index is 12.5. The minimum atomic E-state index is -1.03. The Bertz CT molecular complexity index is 1460. The van der Waals surface area contributed by atoms with Crippen LogP contribution in [0.3, 0.4) is 0 Å². The summed E-state index contributed by atoms with van der Waals surface area (Å²) < 4.78 is 2.52. The molecule has 4 rings (SSSR count). The van der Waals surface area contributed by atoms with Crippen LogP contribution in [0.15, 0.2) is 74.9 Å². The first kappa shape index (κ1) is 26.6. The van der Waals surface area contributed by atoms with E-state index in [-0.39, 0.29) is 24.8 Å². The van der Waals surface area contributed by atoms with Crippen molar-refractivity contribution in [2.75, 3.05) is 20.2 Å².